The highest BCUT2D eigenvalue weighted by atomic mass is 16.2. The molecule has 0 aliphatic carbocycles. The molecule has 3 unspecified atom stereocenters. The first-order valence-corrected chi connectivity index (χ1v) is 9.94. The first kappa shape index (κ1) is 20.1. The number of anilines is 1. The van der Waals surface area contributed by atoms with Gasteiger partial charge in [0.2, 0.25) is 5.91 Å². The van der Waals surface area contributed by atoms with Gasteiger partial charge in [-0.1, -0.05) is 26.8 Å². The van der Waals surface area contributed by atoms with Crippen LogP contribution < -0.4 is 11.1 Å². The fourth-order valence-electron chi connectivity index (χ4n) is 4.53. The van der Waals surface area contributed by atoms with Crippen LogP contribution in [0, 0.1) is 22.2 Å². The lowest BCUT2D eigenvalue weighted by Crippen LogP contribution is -2.43. The molecule has 2 heterocycles. The quantitative estimate of drug-likeness (QED) is 0.567. The maximum Gasteiger partial charge on any atom is 0.228 e. The molecule has 3 atom stereocenters. The van der Waals surface area contributed by atoms with Gasteiger partial charge in [0, 0.05) is 59.5 Å². The summed E-state index contributed by atoms with van der Waals surface area (Å²) in [6.07, 6.45) is 7.18. The first-order valence-electron chi connectivity index (χ1n) is 9.94. The van der Waals surface area contributed by atoms with E-state index in [-0.39, 0.29) is 11.3 Å². The molecule has 1 aromatic rings. The van der Waals surface area contributed by atoms with Gasteiger partial charge in [-0.3, -0.25) is 4.79 Å². The van der Waals surface area contributed by atoms with Crippen molar-refractivity contribution in [2.24, 2.45) is 17.1 Å². The van der Waals surface area contributed by atoms with E-state index in [1.54, 1.807) is 0 Å². The van der Waals surface area contributed by atoms with Crippen LogP contribution in [0.2, 0.25) is 0 Å². The number of hydrogen-bond acceptors (Lipinski definition) is 5. The predicted molar refractivity (Wildman–Crippen MR) is 115 cm³/mol. The van der Waals surface area contributed by atoms with Crippen LogP contribution in [0.15, 0.2) is 24.4 Å². The highest BCUT2D eigenvalue weighted by molar-refractivity contribution is 6.08. The molecule has 2 aliphatic heterocycles. The number of allylic oxidation sites excluding steroid dienone is 1. The summed E-state index contributed by atoms with van der Waals surface area (Å²) >= 11 is 0. The number of benzene rings is 1. The third-order valence-electron chi connectivity index (χ3n) is 5.97. The van der Waals surface area contributed by atoms with Crippen LogP contribution in [0.1, 0.15) is 51.2 Å². The van der Waals surface area contributed by atoms with Crippen molar-refractivity contribution in [1.82, 2.24) is 4.90 Å². The van der Waals surface area contributed by atoms with E-state index in [9.17, 15) is 4.79 Å². The third kappa shape index (κ3) is 3.68. The number of carbonyl (C=O) groups excluding carboxylic acids is 1. The van der Waals surface area contributed by atoms with Crippen LogP contribution in [0.25, 0.3) is 5.57 Å². The SMILES string of the molecule is CC(C)(C)C(=O)N1C2CCC1C(CNc1ccc(/C(C=N)=C/N)cc1C=N)C2. The van der Waals surface area contributed by atoms with Gasteiger partial charge in [0.15, 0.2) is 0 Å². The van der Waals surface area contributed by atoms with E-state index in [2.05, 4.69) is 10.2 Å². The van der Waals surface area contributed by atoms with Crippen LogP contribution in [0.3, 0.4) is 0 Å². The molecule has 2 saturated heterocycles. The minimum atomic E-state index is -0.338. The number of nitrogens with one attached hydrogen (secondary N) is 3. The molecule has 1 aromatic carbocycles. The third-order valence-corrected chi connectivity index (χ3v) is 5.97. The topological polar surface area (TPSA) is 106 Å². The Labute approximate surface area is 167 Å². The fourth-order valence-corrected chi connectivity index (χ4v) is 4.53. The average Bonchev–Trinajstić information content (AvgIpc) is 3.23. The van der Waals surface area contributed by atoms with Crippen molar-refractivity contribution in [1.29, 1.82) is 10.8 Å². The van der Waals surface area contributed by atoms with Crippen LogP contribution in [-0.4, -0.2) is 41.9 Å². The molecule has 2 bridgehead atoms. The molecule has 0 aromatic heterocycles. The molecule has 0 saturated carbocycles. The number of carbonyl (C=O) groups is 1. The minimum absolute atomic E-state index is 0.264. The van der Waals surface area contributed by atoms with Crippen LogP contribution in [-0.2, 0) is 4.79 Å². The Balaban J connectivity index is 1.71. The van der Waals surface area contributed by atoms with Crippen molar-refractivity contribution in [3.05, 3.63) is 35.5 Å². The number of nitrogens with zero attached hydrogens (tertiary/aromatic N) is 1. The standard InChI is InChI=1S/C22H31N5O/c1-22(2,3)21(28)27-18-5-7-20(27)16(9-18)13-26-19-6-4-14(8-15(19)10-23)17(11-24)12-25/h4,6,8,10-12,16,18,20,23-24,26H,5,7,9,13,25H2,1-3H3/b17-12+,23-10?,24-11?. The Morgan fingerprint density at radius 1 is 1.32 bits per heavy atom. The minimum Gasteiger partial charge on any atom is -0.404 e. The van der Waals surface area contributed by atoms with Gasteiger partial charge in [0.05, 0.1) is 0 Å². The van der Waals surface area contributed by atoms with E-state index < -0.39 is 0 Å². The van der Waals surface area contributed by atoms with Crippen molar-refractivity contribution >= 4 is 29.6 Å². The molecule has 1 amide bonds. The average molecular weight is 382 g/mol. The van der Waals surface area contributed by atoms with Crippen molar-refractivity contribution in [2.45, 2.75) is 52.1 Å². The molecule has 5 N–H and O–H groups in total. The van der Waals surface area contributed by atoms with E-state index in [4.69, 9.17) is 16.6 Å². The summed E-state index contributed by atoms with van der Waals surface area (Å²) in [6, 6.07) is 6.41. The Hall–Kier alpha value is -2.63. The summed E-state index contributed by atoms with van der Waals surface area (Å²) in [4.78, 5) is 15.0. The monoisotopic (exact) mass is 381 g/mol. The normalized spacial score (nSPS) is 24.3. The molecular weight excluding hydrogens is 350 g/mol. The van der Waals surface area contributed by atoms with Crippen molar-refractivity contribution in [2.75, 3.05) is 11.9 Å². The van der Waals surface area contributed by atoms with E-state index >= 15 is 0 Å². The first-order chi connectivity index (χ1) is 13.3. The van der Waals surface area contributed by atoms with E-state index in [0.29, 0.717) is 23.6 Å². The summed E-state index contributed by atoms with van der Waals surface area (Å²) in [6.45, 7) is 6.78. The Morgan fingerprint density at radius 3 is 2.68 bits per heavy atom. The molecule has 2 fully saturated rings. The summed E-state index contributed by atoms with van der Waals surface area (Å²) in [5.74, 6) is 0.698. The summed E-state index contributed by atoms with van der Waals surface area (Å²) in [5.41, 5.74) is 8.35. The molecule has 6 nitrogen and oxygen atoms in total. The van der Waals surface area contributed by atoms with Crippen LogP contribution >= 0.6 is 0 Å². The molecule has 3 rings (SSSR count). The van der Waals surface area contributed by atoms with Gasteiger partial charge < -0.3 is 26.8 Å². The lowest BCUT2D eigenvalue weighted by molar-refractivity contribution is -0.140. The number of nitrogens with two attached hydrogens (primary N) is 1. The summed E-state index contributed by atoms with van der Waals surface area (Å²) in [7, 11) is 0. The number of amides is 1. The highest BCUT2D eigenvalue weighted by Crippen LogP contribution is 2.43. The fraction of sp³-hybridized carbons (Fsp3) is 0.500. The second-order valence-electron chi connectivity index (χ2n) is 8.85. The van der Waals surface area contributed by atoms with Crippen molar-refractivity contribution in [3.63, 3.8) is 0 Å². The van der Waals surface area contributed by atoms with E-state index in [1.807, 2.05) is 39.0 Å². The molecule has 0 radical (unpaired) electrons. The number of hydrogen-bond donors (Lipinski definition) is 4. The van der Waals surface area contributed by atoms with E-state index in [0.717, 1.165) is 42.6 Å². The van der Waals surface area contributed by atoms with Crippen LogP contribution in [0.4, 0.5) is 5.69 Å². The lowest BCUT2D eigenvalue weighted by atomic mass is 9.89. The van der Waals surface area contributed by atoms with Gasteiger partial charge in [-0.2, -0.15) is 0 Å². The van der Waals surface area contributed by atoms with Crippen LogP contribution in [0.5, 0.6) is 0 Å². The van der Waals surface area contributed by atoms with Gasteiger partial charge in [0.25, 0.3) is 0 Å². The maximum absolute atomic E-state index is 12.8. The van der Waals surface area contributed by atoms with Gasteiger partial charge in [-0.15, -0.1) is 0 Å². The van der Waals surface area contributed by atoms with E-state index in [1.165, 1.54) is 18.6 Å². The maximum atomic E-state index is 12.8. The van der Waals surface area contributed by atoms with Gasteiger partial charge in [0.1, 0.15) is 0 Å². The van der Waals surface area contributed by atoms with Gasteiger partial charge in [-0.25, -0.2) is 0 Å². The summed E-state index contributed by atoms with van der Waals surface area (Å²) in [5, 5.41) is 18.7. The largest absolute Gasteiger partial charge is 0.404 e. The number of rotatable bonds is 6. The second kappa shape index (κ2) is 7.78. The molecular formula is C22H31N5O. The molecule has 2 aliphatic rings. The van der Waals surface area contributed by atoms with Crippen molar-refractivity contribution < 1.29 is 4.79 Å². The zero-order valence-corrected chi connectivity index (χ0v) is 17.0. The zero-order chi connectivity index (χ0) is 20.5. The highest BCUT2D eigenvalue weighted by Gasteiger charge is 2.50. The molecule has 28 heavy (non-hydrogen) atoms. The van der Waals surface area contributed by atoms with Crippen molar-refractivity contribution in [3.8, 4) is 0 Å². The molecule has 150 valence electrons. The second-order valence-corrected chi connectivity index (χ2v) is 8.85. The Kier molecular flexibility index (Phi) is 5.59. The zero-order valence-electron chi connectivity index (χ0n) is 17.0. The summed E-state index contributed by atoms with van der Waals surface area (Å²) < 4.78 is 0. The smallest absolute Gasteiger partial charge is 0.228 e. The predicted octanol–water partition coefficient (Wildman–Crippen LogP) is 3.47. The Bertz CT molecular complexity index is 808. The lowest BCUT2D eigenvalue weighted by Gasteiger charge is -2.31. The van der Waals surface area contributed by atoms with Gasteiger partial charge in [-0.05, 0) is 42.9 Å². The van der Waals surface area contributed by atoms with Gasteiger partial charge >= 0.3 is 0 Å². The number of fused-ring (bicyclic) bond motifs is 2. The molecule has 6 heteroatoms. The Morgan fingerprint density at radius 2 is 2.07 bits per heavy atom. The molecule has 0 spiro atoms.